The summed E-state index contributed by atoms with van der Waals surface area (Å²) in [7, 11) is 0. The molecular formula is C8H7N3OS. The highest BCUT2D eigenvalue weighted by atomic mass is 32.1. The first-order valence-electron chi connectivity index (χ1n) is 3.63. The van der Waals surface area contributed by atoms with E-state index in [2.05, 4.69) is 9.53 Å². The Bertz CT molecular complexity index is 463. The van der Waals surface area contributed by atoms with E-state index in [1.165, 1.54) is 11.5 Å². The molecule has 2 aromatic rings. The molecule has 2 rings (SSSR count). The number of oxime groups is 1. The van der Waals surface area contributed by atoms with Gasteiger partial charge in [-0.3, -0.25) is 0 Å². The lowest BCUT2D eigenvalue weighted by atomic mass is 10.2. The van der Waals surface area contributed by atoms with Gasteiger partial charge in [0.25, 0.3) is 0 Å². The molecule has 0 atom stereocenters. The van der Waals surface area contributed by atoms with Crippen molar-refractivity contribution in [1.82, 2.24) is 4.37 Å². The third-order valence-electron chi connectivity index (χ3n) is 1.76. The molecule has 0 saturated heterocycles. The Kier molecular flexibility index (Phi) is 1.86. The second-order valence-electron chi connectivity index (χ2n) is 2.56. The minimum atomic E-state index is 0.119. The highest BCUT2D eigenvalue weighted by Gasteiger charge is 2.01. The van der Waals surface area contributed by atoms with Crippen molar-refractivity contribution >= 4 is 27.5 Å². The van der Waals surface area contributed by atoms with Gasteiger partial charge < -0.3 is 10.9 Å². The normalized spacial score (nSPS) is 12.2. The molecule has 66 valence electrons. The minimum absolute atomic E-state index is 0.119. The first kappa shape index (κ1) is 8.00. The highest BCUT2D eigenvalue weighted by Crippen LogP contribution is 2.18. The number of hydrogen-bond donors (Lipinski definition) is 2. The first-order chi connectivity index (χ1) is 6.31. The summed E-state index contributed by atoms with van der Waals surface area (Å²) in [6.07, 6.45) is 1.76. The van der Waals surface area contributed by atoms with Crippen molar-refractivity contribution in [3.05, 3.63) is 30.0 Å². The molecule has 0 unspecified atom stereocenters. The van der Waals surface area contributed by atoms with Crippen LogP contribution in [0.4, 0.5) is 0 Å². The van der Waals surface area contributed by atoms with Gasteiger partial charge in [-0.15, -0.1) is 0 Å². The number of benzene rings is 1. The molecule has 3 N–H and O–H groups in total. The topological polar surface area (TPSA) is 71.5 Å². The summed E-state index contributed by atoms with van der Waals surface area (Å²) < 4.78 is 5.12. The average molecular weight is 193 g/mol. The van der Waals surface area contributed by atoms with Gasteiger partial charge >= 0.3 is 0 Å². The molecule has 1 heterocycles. The SMILES string of the molecule is N/C(=N/O)c1ccc2sncc2c1. The number of nitrogens with two attached hydrogens (primary N) is 1. The van der Waals surface area contributed by atoms with E-state index in [0.29, 0.717) is 5.56 Å². The highest BCUT2D eigenvalue weighted by molar-refractivity contribution is 7.13. The molecule has 13 heavy (non-hydrogen) atoms. The summed E-state index contributed by atoms with van der Waals surface area (Å²) in [5, 5.41) is 12.4. The van der Waals surface area contributed by atoms with Gasteiger partial charge in [-0.2, -0.15) is 4.37 Å². The lowest BCUT2D eigenvalue weighted by Gasteiger charge is -1.96. The van der Waals surface area contributed by atoms with E-state index in [1.54, 1.807) is 12.3 Å². The predicted octanol–water partition coefficient (Wildman–Crippen LogP) is 1.39. The Balaban J connectivity index is 2.60. The molecule has 0 fully saturated rings. The standard InChI is InChI=1S/C8H7N3OS/c9-8(11-12)5-1-2-7-6(3-5)4-10-13-7/h1-4,12H,(H2,9,11). The summed E-state index contributed by atoms with van der Waals surface area (Å²) in [6.45, 7) is 0. The summed E-state index contributed by atoms with van der Waals surface area (Å²) in [5.74, 6) is 0.119. The second kappa shape index (κ2) is 3.02. The zero-order valence-corrected chi connectivity index (χ0v) is 7.45. The maximum Gasteiger partial charge on any atom is 0.170 e. The molecule has 0 saturated carbocycles. The lowest BCUT2D eigenvalue weighted by molar-refractivity contribution is 0.318. The van der Waals surface area contributed by atoms with Crippen LogP contribution in [0.3, 0.4) is 0 Å². The monoisotopic (exact) mass is 193 g/mol. The van der Waals surface area contributed by atoms with Gasteiger partial charge in [-0.1, -0.05) is 5.16 Å². The van der Waals surface area contributed by atoms with E-state index in [-0.39, 0.29) is 5.84 Å². The smallest absolute Gasteiger partial charge is 0.170 e. The van der Waals surface area contributed by atoms with Crippen molar-refractivity contribution in [3.63, 3.8) is 0 Å². The van der Waals surface area contributed by atoms with Gasteiger partial charge in [-0.25, -0.2) is 0 Å². The van der Waals surface area contributed by atoms with Gasteiger partial charge in [0, 0.05) is 17.1 Å². The molecule has 0 amide bonds. The zero-order valence-electron chi connectivity index (χ0n) is 6.64. The Morgan fingerprint density at radius 2 is 2.38 bits per heavy atom. The maximum atomic E-state index is 8.46. The quantitative estimate of drug-likeness (QED) is 0.311. The van der Waals surface area contributed by atoms with Crippen LogP contribution >= 0.6 is 11.5 Å². The summed E-state index contributed by atoms with van der Waals surface area (Å²) in [4.78, 5) is 0. The summed E-state index contributed by atoms with van der Waals surface area (Å²) in [6, 6.07) is 5.55. The lowest BCUT2D eigenvalue weighted by Crippen LogP contribution is -2.12. The third-order valence-corrected chi connectivity index (χ3v) is 2.54. The van der Waals surface area contributed by atoms with Gasteiger partial charge in [-0.05, 0) is 29.7 Å². The molecule has 1 aromatic carbocycles. The summed E-state index contributed by atoms with van der Waals surface area (Å²) >= 11 is 1.42. The fourth-order valence-corrected chi connectivity index (χ4v) is 1.72. The van der Waals surface area contributed by atoms with Crippen molar-refractivity contribution in [2.45, 2.75) is 0 Å². The Labute approximate surface area is 78.5 Å². The number of amidine groups is 1. The summed E-state index contributed by atoms with van der Waals surface area (Å²) in [5.41, 5.74) is 6.14. The van der Waals surface area contributed by atoms with Crippen molar-refractivity contribution in [1.29, 1.82) is 0 Å². The van der Waals surface area contributed by atoms with Crippen molar-refractivity contribution < 1.29 is 5.21 Å². The molecule has 1 aromatic heterocycles. The Morgan fingerprint density at radius 3 is 3.15 bits per heavy atom. The number of hydrogen-bond acceptors (Lipinski definition) is 4. The van der Waals surface area contributed by atoms with Crippen molar-refractivity contribution in [3.8, 4) is 0 Å². The van der Waals surface area contributed by atoms with Crippen molar-refractivity contribution in [2.75, 3.05) is 0 Å². The largest absolute Gasteiger partial charge is 0.409 e. The fourth-order valence-electron chi connectivity index (χ4n) is 1.09. The van der Waals surface area contributed by atoms with Gasteiger partial charge in [0.05, 0.1) is 4.70 Å². The van der Waals surface area contributed by atoms with Crippen LogP contribution in [0.15, 0.2) is 29.6 Å². The maximum absolute atomic E-state index is 8.46. The van der Waals surface area contributed by atoms with Crippen LogP contribution in [0, 0.1) is 0 Å². The average Bonchev–Trinajstić information content (AvgIpc) is 2.63. The van der Waals surface area contributed by atoms with Crippen molar-refractivity contribution in [2.24, 2.45) is 10.9 Å². The molecular weight excluding hydrogens is 186 g/mol. The van der Waals surface area contributed by atoms with Crippen LogP contribution in [0.5, 0.6) is 0 Å². The van der Waals surface area contributed by atoms with Gasteiger partial charge in [0.1, 0.15) is 0 Å². The molecule has 0 aliphatic carbocycles. The second-order valence-corrected chi connectivity index (χ2v) is 3.40. The fraction of sp³-hybridized carbons (Fsp3) is 0. The van der Waals surface area contributed by atoms with E-state index >= 15 is 0 Å². The molecule has 0 radical (unpaired) electrons. The first-order valence-corrected chi connectivity index (χ1v) is 4.41. The van der Waals surface area contributed by atoms with Crippen LogP contribution in [0.25, 0.3) is 10.1 Å². The van der Waals surface area contributed by atoms with E-state index in [4.69, 9.17) is 10.9 Å². The molecule has 0 spiro atoms. The van der Waals surface area contributed by atoms with Crippen LogP contribution < -0.4 is 5.73 Å². The number of nitrogens with zero attached hydrogens (tertiary/aromatic N) is 2. The molecule has 0 bridgehead atoms. The number of fused-ring (bicyclic) bond motifs is 1. The molecule has 5 heteroatoms. The van der Waals surface area contributed by atoms with E-state index in [0.717, 1.165) is 10.1 Å². The van der Waals surface area contributed by atoms with E-state index < -0.39 is 0 Å². The number of aromatic nitrogens is 1. The van der Waals surface area contributed by atoms with E-state index in [1.807, 2.05) is 12.1 Å². The van der Waals surface area contributed by atoms with Gasteiger partial charge in [0.2, 0.25) is 0 Å². The van der Waals surface area contributed by atoms with Crippen LogP contribution in [0.2, 0.25) is 0 Å². The Hall–Kier alpha value is -1.62. The zero-order chi connectivity index (χ0) is 9.26. The Morgan fingerprint density at radius 1 is 1.54 bits per heavy atom. The predicted molar refractivity (Wildman–Crippen MR) is 52.1 cm³/mol. The minimum Gasteiger partial charge on any atom is -0.409 e. The van der Waals surface area contributed by atoms with Crippen LogP contribution in [0.1, 0.15) is 5.56 Å². The van der Waals surface area contributed by atoms with E-state index in [9.17, 15) is 0 Å². The number of rotatable bonds is 1. The van der Waals surface area contributed by atoms with Gasteiger partial charge in [0.15, 0.2) is 5.84 Å². The molecule has 4 nitrogen and oxygen atoms in total. The third kappa shape index (κ3) is 1.33. The molecule has 0 aliphatic heterocycles. The molecule has 0 aliphatic rings. The van der Waals surface area contributed by atoms with Crippen LogP contribution in [-0.4, -0.2) is 15.4 Å². The van der Waals surface area contributed by atoms with Crippen LogP contribution in [-0.2, 0) is 0 Å².